The number of rotatable bonds is 5. The number of imide groups is 1. The van der Waals surface area contributed by atoms with Crippen LogP contribution in [0.2, 0.25) is 0 Å². The third kappa shape index (κ3) is 3.11. The molecule has 4 atom stereocenters. The van der Waals surface area contributed by atoms with Gasteiger partial charge in [-0.1, -0.05) is 44.2 Å². The van der Waals surface area contributed by atoms with Crippen molar-refractivity contribution in [3.63, 3.8) is 0 Å². The Morgan fingerprint density at radius 3 is 2.61 bits per heavy atom. The van der Waals surface area contributed by atoms with Gasteiger partial charge in [-0.2, -0.15) is 5.26 Å². The smallest absolute Gasteiger partial charge is 0.240 e. The number of carbonyl (C=O) groups excluding carboxylic acids is 2. The van der Waals surface area contributed by atoms with E-state index in [1.165, 1.54) is 4.90 Å². The largest absolute Gasteiger partial charge is 0.442 e. The molecule has 3 saturated heterocycles. The lowest BCUT2D eigenvalue weighted by molar-refractivity contribution is -0.130. The molecule has 4 heterocycles. The van der Waals surface area contributed by atoms with Crippen molar-refractivity contribution in [3.05, 3.63) is 65.9 Å². The average molecular weight is 482 g/mol. The molecular weight excluding hydrogens is 454 g/mol. The van der Waals surface area contributed by atoms with Crippen LogP contribution in [0.4, 0.5) is 5.69 Å². The van der Waals surface area contributed by atoms with Crippen LogP contribution in [0.3, 0.4) is 0 Å². The van der Waals surface area contributed by atoms with Gasteiger partial charge in [0.15, 0.2) is 0 Å². The molecule has 0 radical (unpaired) electrons. The van der Waals surface area contributed by atoms with E-state index in [4.69, 9.17) is 9.15 Å². The van der Waals surface area contributed by atoms with Crippen molar-refractivity contribution < 1.29 is 18.7 Å². The number of amides is 2. The number of nitriles is 1. The highest BCUT2D eigenvalue weighted by Gasteiger charge is 2.73. The molecule has 3 aliphatic rings. The predicted octanol–water partition coefficient (Wildman–Crippen LogP) is 5.35. The molecule has 3 aliphatic heterocycles. The monoisotopic (exact) mass is 481 g/mol. The fourth-order valence-corrected chi connectivity index (χ4v) is 6.37. The summed E-state index contributed by atoms with van der Waals surface area (Å²) in [6, 6.07) is 13.0. The first kappa shape index (κ1) is 22.7. The van der Waals surface area contributed by atoms with Gasteiger partial charge in [0.1, 0.15) is 5.76 Å². The summed E-state index contributed by atoms with van der Waals surface area (Å²) in [4.78, 5) is 33.4. The van der Waals surface area contributed by atoms with Crippen LogP contribution in [-0.2, 0) is 14.3 Å². The Morgan fingerprint density at radius 2 is 1.89 bits per heavy atom. The van der Waals surface area contributed by atoms with E-state index in [2.05, 4.69) is 11.1 Å². The second kappa shape index (κ2) is 7.87. The molecule has 0 saturated carbocycles. The van der Waals surface area contributed by atoms with Gasteiger partial charge in [0.25, 0.3) is 0 Å². The summed E-state index contributed by atoms with van der Waals surface area (Å²) in [6.45, 7) is 6.05. The van der Waals surface area contributed by atoms with Crippen molar-refractivity contribution >= 4 is 34.4 Å². The van der Waals surface area contributed by atoms with Gasteiger partial charge in [-0.15, -0.1) is 0 Å². The fourth-order valence-electron chi connectivity index (χ4n) is 6.37. The quantitative estimate of drug-likeness (QED) is 0.456. The van der Waals surface area contributed by atoms with E-state index in [-0.39, 0.29) is 17.7 Å². The number of fused-ring (bicyclic) bond motifs is 6. The lowest BCUT2D eigenvalue weighted by Gasteiger charge is -2.30. The highest BCUT2D eigenvalue weighted by molar-refractivity contribution is 6.26. The van der Waals surface area contributed by atoms with Crippen LogP contribution >= 0.6 is 0 Å². The normalized spacial score (nSPS) is 29.1. The molecule has 2 amide bonds. The van der Waals surface area contributed by atoms with Gasteiger partial charge >= 0.3 is 0 Å². The molecule has 2 aromatic carbocycles. The van der Waals surface area contributed by atoms with E-state index in [1.54, 1.807) is 18.3 Å². The lowest BCUT2D eigenvalue weighted by Crippen LogP contribution is -2.41. The van der Waals surface area contributed by atoms with Gasteiger partial charge in [-0.05, 0) is 44.4 Å². The van der Waals surface area contributed by atoms with Gasteiger partial charge in [0, 0.05) is 16.7 Å². The average Bonchev–Trinajstić information content (AvgIpc) is 3.59. The Labute approximate surface area is 209 Å². The molecule has 0 N–H and O–H groups in total. The van der Waals surface area contributed by atoms with Crippen LogP contribution < -0.4 is 4.90 Å². The standard InChI is InChI=1S/C29H27N3O4/c1-17(2)22-16-31-23(35-22)9-6-12-29-14-13-28(3,36-29)24-25(29)27(34)32(26(24)33)21-11-10-18(15-30)19-7-4-5-8-20(19)21/h4-11,16-17,24-25H,12-14H2,1-3H3/b9-6+. The SMILES string of the molecule is CC(C)c1cnc(/C=C/CC23CCC(C)(O2)C2C(=O)N(c4ccc(C#N)c5ccccc45)C(=O)C23)o1. The zero-order valence-electron chi connectivity index (χ0n) is 20.5. The molecule has 182 valence electrons. The second-order valence-corrected chi connectivity index (χ2v) is 10.6. The molecule has 36 heavy (non-hydrogen) atoms. The number of carbonyl (C=O) groups is 2. The van der Waals surface area contributed by atoms with Crippen LogP contribution in [0.15, 0.2) is 53.1 Å². The van der Waals surface area contributed by atoms with Gasteiger partial charge in [-0.3, -0.25) is 9.59 Å². The molecule has 6 rings (SSSR count). The van der Waals surface area contributed by atoms with Crippen LogP contribution in [0.5, 0.6) is 0 Å². The molecule has 0 spiro atoms. The van der Waals surface area contributed by atoms with Crippen LogP contribution in [0.25, 0.3) is 16.8 Å². The highest BCUT2D eigenvalue weighted by Crippen LogP contribution is 2.62. The Bertz CT molecular complexity index is 1480. The van der Waals surface area contributed by atoms with E-state index >= 15 is 0 Å². The molecule has 2 bridgehead atoms. The van der Waals surface area contributed by atoms with E-state index < -0.39 is 23.0 Å². The lowest BCUT2D eigenvalue weighted by atomic mass is 9.67. The van der Waals surface area contributed by atoms with E-state index in [1.807, 2.05) is 57.2 Å². The molecule has 0 aliphatic carbocycles. The molecule has 3 fully saturated rings. The summed E-state index contributed by atoms with van der Waals surface area (Å²) in [7, 11) is 0. The summed E-state index contributed by atoms with van der Waals surface area (Å²) < 4.78 is 12.3. The maximum Gasteiger partial charge on any atom is 0.240 e. The summed E-state index contributed by atoms with van der Waals surface area (Å²) >= 11 is 0. The number of hydrogen-bond donors (Lipinski definition) is 0. The first-order valence-electron chi connectivity index (χ1n) is 12.4. The molecule has 3 aromatic rings. The van der Waals surface area contributed by atoms with Gasteiger partial charge in [0.2, 0.25) is 17.7 Å². The fraction of sp³-hybridized carbons (Fsp3) is 0.379. The number of anilines is 1. The minimum Gasteiger partial charge on any atom is -0.442 e. The molecule has 4 unspecified atom stereocenters. The number of nitrogens with zero attached hydrogens (tertiary/aromatic N) is 3. The number of aromatic nitrogens is 1. The van der Waals surface area contributed by atoms with Gasteiger partial charge in [-0.25, -0.2) is 9.88 Å². The number of oxazole rings is 1. The van der Waals surface area contributed by atoms with Crippen molar-refractivity contribution in [3.8, 4) is 6.07 Å². The minimum atomic E-state index is -0.743. The highest BCUT2D eigenvalue weighted by atomic mass is 16.5. The van der Waals surface area contributed by atoms with Crippen molar-refractivity contribution in [1.29, 1.82) is 5.26 Å². The number of benzene rings is 2. The van der Waals surface area contributed by atoms with Crippen LogP contribution in [0, 0.1) is 23.2 Å². The van der Waals surface area contributed by atoms with E-state index in [9.17, 15) is 14.9 Å². The number of ether oxygens (including phenoxy) is 1. The minimum absolute atomic E-state index is 0.220. The maximum atomic E-state index is 13.9. The van der Waals surface area contributed by atoms with E-state index in [0.29, 0.717) is 30.0 Å². The number of hydrogen-bond acceptors (Lipinski definition) is 6. The van der Waals surface area contributed by atoms with Crippen LogP contribution in [-0.4, -0.2) is 28.0 Å². The molecular formula is C29H27N3O4. The first-order valence-corrected chi connectivity index (χ1v) is 12.4. The van der Waals surface area contributed by atoms with Crippen molar-refractivity contribution in [2.75, 3.05) is 4.90 Å². The van der Waals surface area contributed by atoms with Gasteiger partial charge < -0.3 is 9.15 Å². The zero-order chi connectivity index (χ0) is 25.2. The van der Waals surface area contributed by atoms with E-state index in [0.717, 1.165) is 23.0 Å². The first-order chi connectivity index (χ1) is 17.3. The van der Waals surface area contributed by atoms with Gasteiger partial charge in [0.05, 0.1) is 46.6 Å². The second-order valence-electron chi connectivity index (χ2n) is 10.6. The predicted molar refractivity (Wildman–Crippen MR) is 134 cm³/mol. The van der Waals surface area contributed by atoms with Crippen LogP contribution in [0.1, 0.15) is 63.2 Å². The summed E-state index contributed by atoms with van der Waals surface area (Å²) in [5.41, 5.74) is -0.384. The topological polar surface area (TPSA) is 96.4 Å². The third-order valence-electron chi connectivity index (χ3n) is 8.11. The maximum absolute atomic E-state index is 13.9. The summed E-state index contributed by atoms with van der Waals surface area (Å²) in [5, 5.41) is 11.0. The van der Waals surface area contributed by atoms with Crippen molar-refractivity contribution in [2.45, 2.75) is 57.2 Å². The molecule has 7 nitrogen and oxygen atoms in total. The molecule has 7 heteroatoms. The zero-order valence-corrected chi connectivity index (χ0v) is 20.5. The molecule has 1 aromatic heterocycles. The summed E-state index contributed by atoms with van der Waals surface area (Å²) in [5.74, 6) is 0.0517. The Hall–Kier alpha value is -3.76. The Kier molecular flexibility index (Phi) is 4.96. The summed E-state index contributed by atoms with van der Waals surface area (Å²) in [6.07, 6.45) is 7.42. The Balaban J connectivity index is 1.35. The van der Waals surface area contributed by atoms with Crippen molar-refractivity contribution in [1.82, 2.24) is 4.98 Å². The Morgan fingerprint density at radius 1 is 1.14 bits per heavy atom. The third-order valence-corrected chi connectivity index (χ3v) is 8.11. The van der Waals surface area contributed by atoms with Crippen molar-refractivity contribution in [2.24, 2.45) is 11.8 Å².